The van der Waals surface area contributed by atoms with E-state index in [-0.39, 0.29) is 5.78 Å². The highest BCUT2D eigenvalue weighted by atomic mass is 35.5. The van der Waals surface area contributed by atoms with E-state index in [4.69, 9.17) is 16.3 Å². The standard InChI is InChI=1S/C14H10ClNO2S/c1-18-8-2-3-12-9(6-8)10(7-16-12)13(17)14-11(15)4-5-19-14/h2-7,16H,1H3. The van der Waals surface area contributed by atoms with Gasteiger partial charge in [-0.1, -0.05) is 11.6 Å². The third kappa shape index (κ3) is 2.03. The fraction of sp³-hybridized carbons (Fsp3) is 0.0714. The van der Waals surface area contributed by atoms with Crippen molar-refractivity contribution < 1.29 is 9.53 Å². The Balaban J connectivity index is 2.15. The molecule has 3 aromatic rings. The van der Waals surface area contributed by atoms with E-state index in [0.29, 0.717) is 15.5 Å². The number of benzene rings is 1. The molecule has 1 N–H and O–H groups in total. The van der Waals surface area contributed by atoms with E-state index in [1.165, 1.54) is 11.3 Å². The largest absolute Gasteiger partial charge is 0.497 e. The molecule has 3 nitrogen and oxygen atoms in total. The van der Waals surface area contributed by atoms with Crippen molar-refractivity contribution in [2.24, 2.45) is 0 Å². The molecule has 0 aliphatic heterocycles. The molecule has 19 heavy (non-hydrogen) atoms. The predicted molar refractivity (Wildman–Crippen MR) is 77.6 cm³/mol. The number of fused-ring (bicyclic) bond motifs is 1. The normalized spacial score (nSPS) is 10.8. The van der Waals surface area contributed by atoms with Crippen molar-refractivity contribution in [1.82, 2.24) is 4.98 Å². The number of H-pyrrole nitrogens is 1. The Morgan fingerprint density at radius 2 is 2.21 bits per heavy atom. The summed E-state index contributed by atoms with van der Waals surface area (Å²) in [6, 6.07) is 7.32. The average molecular weight is 292 g/mol. The molecule has 0 saturated carbocycles. The lowest BCUT2D eigenvalue weighted by Gasteiger charge is -2.01. The number of carbonyl (C=O) groups is 1. The Bertz CT molecular complexity index is 760. The van der Waals surface area contributed by atoms with Crippen LogP contribution in [0, 0.1) is 0 Å². The lowest BCUT2D eigenvalue weighted by atomic mass is 10.1. The van der Waals surface area contributed by atoms with Crippen molar-refractivity contribution in [3.63, 3.8) is 0 Å². The second-order valence-corrected chi connectivity index (χ2v) is 5.36. The Labute approximate surface area is 118 Å². The molecule has 0 atom stereocenters. The summed E-state index contributed by atoms with van der Waals surface area (Å²) in [6.07, 6.45) is 1.71. The zero-order valence-electron chi connectivity index (χ0n) is 10.1. The van der Waals surface area contributed by atoms with Crippen LogP contribution >= 0.6 is 22.9 Å². The maximum atomic E-state index is 12.5. The van der Waals surface area contributed by atoms with Crippen molar-refractivity contribution in [1.29, 1.82) is 0 Å². The van der Waals surface area contributed by atoms with E-state index in [0.717, 1.165) is 16.7 Å². The molecule has 2 heterocycles. The molecule has 5 heteroatoms. The Morgan fingerprint density at radius 3 is 2.89 bits per heavy atom. The third-order valence-electron chi connectivity index (χ3n) is 2.96. The van der Waals surface area contributed by atoms with Gasteiger partial charge in [0.25, 0.3) is 0 Å². The van der Waals surface area contributed by atoms with E-state index >= 15 is 0 Å². The predicted octanol–water partition coefficient (Wildman–Crippen LogP) is 4.12. The van der Waals surface area contributed by atoms with E-state index in [9.17, 15) is 4.79 Å². The summed E-state index contributed by atoms with van der Waals surface area (Å²) in [7, 11) is 1.60. The molecule has 0 fully saturated rings. The molecule has 2 aromatic heterocycles. The third-order valence-corrected chi connectivity index (χ3v) is 4.30. The van der Waals surface area contributed by atoms with Crippen molar-refractivity contribution in [2.45, 2.75) is 0 Å². The Kier molecular flexibility index (Phi) is 3.05. The number of ketones is 1. The fourth-order valence-electron chi connectivity index (χ4n) is 1.99. The van der Waals surface area contributed by atoms with E-state index in [1.54, 1.807) is 19.4 Å². The van der Waals surface area contributed by atoms with Gasteiger partial charge in [-0.3, -0.25) is 4.79 Å². The summed E-state index contributed by atoms with van der Waals surface area (Å²) in [5.74, 6) is 0.651. The summed E-state index contributed by atoms with van der Waals surface area (Å²) in [6.45, 7) is 0. The van der Waals surface area contributed by atoms with E-state index < -0.39 is 0 Å². The smallest absolute Gasteiger partial charge is 0.206 e. The van der Waals surface area contributed by atoms with Crippen LogP contribution in [0.4, 0.5) is 0 Å². The van der Waals surface area contributed by atoms with Gasteiger partial charge in [0.05, 0.1) is 17.0 Å². The molecule has 0 saturated heterocycles. The Hall–Kier alpha value is -1.78. The number of halogens is 1. The summed E-state index contributed by atoms with van der Waals surface area (Å²) >= 11 is 7.36. The second-order valence-electron chi connectivity index (χ2n) is 4.04. The fourth-order valence-corrected chi connectivity index (χ4v) is 3.09. The maximum Gasteiger partial charge on any atom is 0.206 e. The van der Waals surface area contributed by atoms with E-state index in [2.05, 4.69) is 4.98 Å². The van der Waals surface area contributed by atoms with Crippen LogP contribution in [-0.4, -0.2) is 17.9 Å². The number of thiophene rings is 1. The summed E-state index contributed by atoms with van der Waals surface area (Å²) in [5.41, 5.74) is 1.51. The number of aromatic nitrogens is 1. The maximum absolute atomic E-state index is 12.5. The quantitative estimate of drug-likeness (QED) is 0.738. The molecule has 3 rings (SSSR count). The minimum Gasteiger partial charge on any atom is -0.497 e. The number of ether oxygens (including phenoxy) is 1. The van der Waals surface area contributed by atoms with Gasteiger partial charge >= 0.3 is 0 Å². The van der Waals surface area contributed by atoms with Gasteiger partial charge in [-0.25, -0.2) is 0 Å². The van der Waals surface area contributed by atoms with Gasteiger partial charge in [-0.15, -0.1) is 11.3 Å². The zero-order chi connectivity index (χ0) is 13.4. The van der Waals surface area contributed by atoms with Crippen LogP contribution in [0.5, 0.6) is 5.75 Å². The van der Waals surface area contributed by atoms with Crippen LogP contribution in [0.3, 0.4) is 0 Å². The molecule has 0 spiro atoms. The Morgan fingerprint density at radius 1 is 1.37 bits per heavy atom. The summed E-state index contributed by atoms with van der Waals surface area (Å²) in [4.78, 5) is 16.1. The number of nitrogens with one attached hydrogen (secondary N) is 1. The monoisotopic (exact) mass is 291 g/mol. The van der Waals surface area contributed by atoms with Crippen LogP contribution in [0.1, 0.15) is 15.2 Å². The second kappa shape index (κ2) is 4.72. The minimum absolute atomic E-state index is 0.0699. The summed E-state index contributed by atoms with van der Waals surface area (Å²) in [5, 5.41) is 3.14. The van der Waals surface area contributed by atoms with Crippen LogP contribution in [0.15, 0.2) is 35.8 Å². The topological polar surface area (TPSA) is 42.1 Å². The first-order valence-electron chi connectivity index (χ1n) is 5.63. The highest BCUT2D eigenvalue weighted by Crippen LogP contribution is 2.29. The molecule has 0 bridgehead atoms. The highest BCUT2D eigenvalue weighted by Gasteiger charge is 2.18. The van der Waals surface area contributed by atoms with Crippen molar-refractivity contribution in [3.05, 3.63) is 51.3 Å². The molecule has 0 radical (unpaired) electrons. The molecule has 1 aromatic carbocycles. The van der Waals surface area contributed by atoms with Gasteiger partial charge in [0.15, 0.2) is 0 Å². The molecule has 0 aliphatic carbocycles. The van der Waals surface area contributed by atoms with Crippen LogP contribution in [0.25, 0.3) is 10.9 Å². The minimum atomic E-state index is -0.0699. The highest BCUT2D eigenvalue weighted by molar-refractivity contribution is 7.13. The van der Waals surface area contributed by atoms with Gasteiger partial charge in [0.1, 0.15) is 5.75 Å². The van der Waals surface area contributed by atoms with Crippen LogP contribution < -0.4 is 4.74 Å². The zero-order valence-corrected chi connectivity index (χ0v) is 11.6. The van der Waals surface area contributed by atoms with Gasteiger partial charge < -0.3 is 9.72 Å². The lowest BCUT2D eigenvalue weighted by molar-refractivity contribution is 0.104. The van der Waals surface area contributed by atoms with Crippen molar-refractivity contribution >= 4 is 39.6 Å². The lowest BCUT2D eigenvalue weighted by Crippen LogP contribution is -1.98. The van der Waals surface area contributed by atoms with Crippen molar-refractivity contribution in [2.75, 3.05) is 7.11 Å². The number of methoxy groups -OCH3 is 1. The number of carbonyl (C=O) groups excluding carboxylic acids is 1. The van der Waals surface area contributed by atoms with Crippen LogP contribution in [-0.2, 0) is 0 Å². The molecular formula is C14H10ClNO2S. The SMILES string of the molecule is COc1ccc2[nH]cc(C(=O)c3sccc3Cl)c2c1. The van der Waals surface area contributed by atoms with Gasteiger partial charge in [0.2, 0.25) is 5.78 Å². The number of rotatable bonds is 3. The van der Waals surface area contributed by atoms with E-state index in [1.807, 2.05) is 23.6 Å². The number of hydrogen-bond acceptors (Lipinski definition) is 3. The molecule has 0 unspecified atom stereocenters. The first kappa shape index (κ1) is 12.3. The molecule has 0 aliphatic rings. The molecule has 96 valence electrons. The molecule has 0 amide bonds. The van der Waals surface area contributed by atoms with Gasteiger partial charge in [-0.2, -0.15) is 0 Å². The van der Waals surface area contributed by atoms with Gasteiger partial charge in [-0.05, 0) is 29.6 Å². The van der Waals surface area contributed by atoms with Crippen LogP contribution in [0.2, 0.25) is 5.02 Å². The first-order chi connectivity index (χ1) is 9.20. The van der Waals surface area contributed by atoms with Gasteiger partial charge in [0, 0.05) is 22.7 Å². The molecular weight excluding hydrogens is 282 g/mol. The number of hydrogen-bond donors (Lipinski definition) is 1. The summed E-state index contributed by atoms with van der Waals surface area (Å²) < 4.78 is 5.19. The van der Waals surface area contributed by atoms with Crippen molar-refractivity contribution in [3.8, 4) is 5.75 Å². The number of aromatic amines is 1. The first-order valence-corrected chi connectivity index (χ1v) is 6.89. The average Bonchev–Trinajstić information content (AvgIpc) is 3.03.